The molecular weight excluding hydrogens is 360 g/mol. The van der Waals surface area contributed by atoms with E-state index in [1.807, 2.05) is 0 Å². The lowest BCUT2D eigenvalue weighted by Crippen LogP contribution is -2.08. The van der Waals surface area contributed by atoms with E-state index in [1.54, 1.807) is 0 Å². The van der Waals surface area contributed by atoms with Crippen molar-refractivity contribution >= 4 is 31.7 Å². The van der Waals surface area contributed by atoms with Gasteiger partial charge < -0.3 is 5.32 Å². The molecule has 13 heteroatoms. The maximum absolute atomic E-state index is 13.0. The van der Waals surface area contributed by atoms with Gasteiger partial charge in [0.1, 0.15) is 10.7 Å². The van der Waals surface area contributed by atoms with E-state index in [0.717, 1.165) is 12.1 Å². The number of nitrogens with zero attached hydrogens (tertiary/aromatic N) is 2. The van der Waals surface area contributed by atoms with Crippen molar-refractivity contribution in [3.63, 3.8) is 0 Å². The molecule has 0 radical (unpaired) electrons. The first-order valence-corrected chi connectivity index (χ1v) is 8.41. The van der Waals surface area contributed by atoms with Crippen LogP contribution in [0.4, 0.5) is 20.3 Å². The van der Waals surface area contributed by atoms with Crippen molar-refractivity contribution in [3.05, 3.63) is 36.3 Å². The summed E-state index contributed by atoms with van der Waals surface area (Å²) in [6.07, 6.45) is -1.43. The molecule has 9 nitrogen and oxygen atoms in total. The van der Waals surface area contributed by atoms with E-state index in [1.165, 1.54) is 0 Å². The van der Waals surface area contributed by atoms with Crippen LogP contribution in [0, 0.1) is 12.0 Å². The van der Waals surface area contributed by atoms with E-state index in [4.69, 9.17) is 9.11 Å². The minimum absolute atomic E-state index is 0.433. The van der Waals surface area contributed by atoms with Crippen molar-refractivity contribution < 1.29 is 34.7 Å². The lowest BCUT2D eigenvalue weighted by atomic mass is 10.3. The van der Waals surface area contributed by atoms with E-state index in [-0.39, 0.29) is 0 Å². The van der Waals surface area contributed by atoms with Gasteiger partial charge in [0.25, 0.3) is 20.2 Å². The molecule has 0 aliphatic carbocycles. The highest BCUT2D eigenvalue weighted by atomic mass is 32.2. The van der Waals surface area contributed by atoms with Crippen LogP contribution in [0.3, 0.4) is 0 Å². The number of hydrogen-bond acceptors (Lipinski definition) is 7. The fourth-order valence-electron chi connectivity index (χ4n) is 1.57. The number of rotatable bonds is 4. The summed E-state index contributed by atoms with van der Waals surface area (Å²) in [4.78, 5) is 4.12. The van der Waals surface area contributed by atoms with Gasteiger partial charge in [0.15, 0.2) is 0 Å². The first kappa shape index (κ1) is 17.1. The quantitative estimate of drug-likeness (QED) is 0.409. The summed E-state index contributed by atoms with van der Waals surface area (Å²) >= 11 is 0. The number of hydrogen-bond donors (Lipinski definition) is 3. The van der Waals surface area contributed by atoms with Gasteiger partial charge in [-0.3, -0.25) is 9.11 Å². The predicted molar refractivity (Wildman–Crippen MR) is 71.3 cm³/mol. The lowest BCUT2D eigenvalue weighted by molar-refractivity contribution is 0.481. The molecule has 1 aromatic heterocycles. The molecule has 124 valence electrons. The fourth-order valence-corrected chi connectivity index (χ4v) is 2.83. The SMILES string of the molecule is O=S(=O)(O)c1ccc(Nc2cc(F)nc(F)n2)c(S(=O)(=O)O)c1. The molecule has 23 heavy (non-hydrogen) atoms. The summed E-state index contributed by atoms with van der Waals surface area (Å²) in [5, 5.41) is 2.19. The van der Waals surface area contributed by atoms with Gasteiger partial charge in [0.2, 0.25) is 5.95 Å². The van der Waals surface area contributed by atoms with Crippen LogP contribution in [0.15, 0.2) is 34.1 Å². The zero-order chi connectivity index (χ0) is 17.4. The maximum Gasteiger partial charge on any atom is 0.313 e. The molecule has 0 atom stereocenters. The molecule has 1 heterocycles. The largest absolute Gasteiger partial charge is 0.339 e. The molecule has 2 aromatic rings. The Bertz CT molecular complexity index is 958. The summed E-state index contributed by atoms with van der Waals surface area (Å²) in [7, 11) is -9.66. The Morgan fingerprint density at radius 2 is 1.61 bits per heavy atom. The zero-order valence-electron chi connectivity index (χ0n) is 10.8. The normalized spacial score (nSPS) is 12.2. The Morgan fingerprint density at radius 1 is 0.957 bits per heavy atom. The highest BCUT2D eigenvalue weighted by Gasteiger charge is 2.21. The van der Waals surface area contributed by atoms with Crippen LogP contribution in [0.25, 0.3) is 0 Å². The first-order chi connectivity index (χ1) is 10.5. The average molecular weight is 367 g/mol. The number of nitrogens with one attached hydrogen (secondary N) is 1. The third kappa shape index (κ3) is 4.16. The average Bonchev–Trinajstić information content (AvgIpc) is 2.35. The third-order valence-electron chi connectivity index (χ3n) is 2.46. The Kier molecular flexibility index (Phi) is 4.30. The molecule has 0 aliphatic heterocycles. The number of anilines is 2. The van der Waals surface area contributed by atoms with Crippen molar-refractivity contribution in [2.24, 2.45) is 0 Å². The van der Waals surface area contributed by atoms with Crippen LogP contribution in [-0.4, -0.2) is 35.9 Å². The van der Waals surface area contributed by atoms with Crippen LogP contribution in [0.2, 0.25) is 0 Å². The highest BCUT2D eigenvalue weighted by Crippen LogP contribution is 2.27. The molecule has 0 saturated carbocycles. The Hall–Kier alpha value is -2.22. The van der Waals surface area contributed by atoms with Crippen LogP contribution >= 0.6 is 0 Å². The minimum atomic E-state index is -4.93. The van der Waals surface area contributed by atoms with E-state index >= 15 is 0 Å². The molecule has 0 aliphatic rings. The summed E-state index contributed by atoms with van der Waals surface area (Å²) in [5.74, 6) is -1.73. The van der Waals surface area contributed by atoms with Crippen molar-refractivity contribution in [1.29, 1.82) is 0 Å². The van der Waals surface area contributed by atoms with Crippen molar-refractivity contribution in [1.82, 2.24) is 9.97 Å². The standard InChI is InChI=1S/C10H7F2N3O6S2/c11-8-4-9(15-10(12)14-8)13-6-2-1-5(22(16,17)18)3-7(6)23(19,20)21/h1-4H,(H,13,14,15)(H,16,17,18)(H,19,20,21). The second-order valence-corrected chi connectivity index (χ2v) is 6.89. The number of aromatic nitrogens is 2. The lowest BCUT2D eigenvalue weighted by Gasteiger charge is -2.10. The molecule has 0 bridgehead atoms. The van der Waals surface area contributed by atoms with Gasteiger partial charge in [-0.1, -0.05) is 0 Å². The predicted octanol–water partition coefficient (Wildman–Crippen LogP) is 0.992. The second kappa shape index (κ2) is 5.77. The topological polar surface area (TPSA) is 147 Å². The van der Waals surface area contributed by atoms with Gasteiger partial charge in [-0.15, -0.1) is 0 Å². The Balaban J connectivity index is 2.58. The summed E-state index contributed by atoms with van der Waals surface area (Å²) in [6.45, 7) is 0. The smallest absolute Gasteiger partial charge is 0.313 e. The van der Waals surface area contributed by atoms with Gasteiger partial charge in [-0.2, -0.15) is 35.6 Å². The van der Waals surface area contributed by atoms with Gasteiger partial charge in [0.05, 0.1) is 10.6 Å². The first-order valence-electron chi connectivity index (χ1n) is 5.53. The van der Waals surface area contributed by atoms with Crippen LogP contribution in [-0.2, 0) is 20.2 Å². The molecule has 0 amide bonds. The summed E-state index contributed by atoms with van der Waals surface area (Å²) < 4.78 is 88.5. The number of halogens is 2. The van der Waals surface area contributed by atoms with E-state index in [2.05, 4.69) is 15.3 Å². The summed E-state index contributed by atoms with van der Waals surface area (Å²) in [5.41, 5.74) is -0.433. The van der Waals surface area contributed by atoms with Crippen LogP contribution < -0.4 is 5.32 Å². The van der Waals surface area contributed by atoms with Gasteiger partial charge >= 0.3 is 6.08 Å². The molecule has 0 unspecified atom stereocenters. The molecule has 2 rings (SSSR count). The second-order valence-electron chi connectivity index (χ2n) is 4.08. The zero-order valence-corrected chi connectivity index (χ0v) is 12.4. The third-order valence-corrected chi connectivity index (χ3v) is 4.20. The molecule has 0 fully saturated rings. The van der Waals surface area contributed by atoms with Gasteiger partial charge in [-0.25, -0.2) is 0 Å². The Labute approximate surface area is 128 Å². The Morgan fingerprint density at radius 3 is 2.13 bits per heavy atom. The monoisotopic (exact) mass is 367 g/mol. The van der Waals surface area contributed by atoms with E-state index in [9.17, 15) is 25.6 Å². The van der Waals surface area contributed by atoms with Crippen molar-refractivity contribution in [2.45, 2.75) is 9.79 Å². The van der Waals surface area contributed by atoms with E-state index in [0.29, 0.717) is 12.1 Å². The highest BCUT2D eigenvalue weighted by molar-refractivity contribution is 7.86. The maximum atomic E-state index is 13.0. The molecule has 3 N–H and O–H groups in total. The molecule has 1 aromatic carbocycles. The van der Waals surface area contributed by atoms with Crippen LogP contribution in [0.1, 0.15) is 0 Å². The van der Waals surface area contributed by atoms with Gasteiger partial charge in [0, 0.05) is 6.07 Å². The number of benzene rings is 1. The van der Waals surface area contributed by atoms with Crippen molar-refractivity contribution in [2.75, 3.05) is 5.32 Å². The molecule has 0 spiro atoms. The van der Waals surface area contributed by atoms with Gasteiger partial charge in [-0.05, 0) is 18.2 Å². The molecule has 0 saturated heterocycles. The van der Waals surface area contributed by atoms with Crippen LogP contribution in [0.5, 0.6) is 0 Å². The minimum Gasteiger partial charge on any atom is -0.339 e. The fraction of sp³-hybridized carbons (Fsp3) is 0. The molecular formula is C10H7F2N3O6S2. The summed E-state index contributed by atoms with van der Waals surface area (Å²) in [6, 6.07) is 2.75. The van der Waals surface area contributed by atoms with Crippen molar-refractivity contribution in [3.8, 4) is 0 Å². The van der Waals surface area contributed by atoms with E-state index < -0.39 is 53.6 Å².